The van der Waals surface area contributed by atoms with Crippen molar-refractivity contribution in [1.82, 2.24) is 65.3 Å². The molecule has 0 atom stereocenters. The number of allylic oxidation sites excluding steroid dienone is 2. The molecular formula is C117H169N15S2. The molecule has 0 spiro atoms. The van der Waals surface area contributed by atoms with Crippen LogP contribution in [0.4, 0.5) is 5.69 Å². The summed E-state index contributed by atoms with van der Waals surface area (Å²) in [5, 5.41) is 25.2. The zero-order chi connectivity index (χ0) is 101. The second kappa shape index (κ2) is 70.6. The molecule has 134 heavy (non-hydrogen) atoms. The number of pyridine rings is 3. The van der Waals surface area contributed by atoms with E-state index in [4.69, 9.17) is 0 Å². The summed E-state index contributed by atoms with van der Waals surface area (Å²) in [5.41, 5.74) is 32.3. The second-order valence-electron chi connectivity index (χ2n) is 35.8. The number of aromatic nitrogens is 13. The van der Waals surface area contributed by atoms with Crippen LogP contribution in [0.15, 0.2) is 253 Å². The quantitative estimate of drug-likeness (QED) is 0.106. The molecule has 9 aromatic heterocycles. The van der Waals surface area contributed by atoms with Crippen molar-refractivity contribution < 1.29 is 0 Å². The number of nitrogens with zero attached hydrogens (tertiary/aromatic N) is 15. The van der Waals surface area contributed by atoms with Gasteiger partial charge in [0.25, 0.3) is 0 Å². The predicted octanol–water partition coefficient (Wildman–Crippen LogP) is 34.8. The Morgan fingerprint density at radius 2 is 0.784 bits per heavy atom. The highest BCUT2D eigenvalue weighted by Gasteiger charge is 2.14. The fourth-order valence-corrected chi connectivity index (χ4v) is 13.7. The monoisotopic (exact) mass is 1850 g/mol. The van der Waals surface area contributed by atoms with E-state index in [0.29, 0.717) is 76.9 Å². The summed E-state index contributed by atoms with van der Waals surface area (Å²) in [6.07, 6.45) is 32.4. The van der Waals surface area contributed by atoms with Gasteiger partial charge >= 0.3 is 0 Å². The molecule has 13 aromatic rings. The first-order valence-corrected chi connectivity index (χ1v) is 50.5. The van der Waals surface area contributed by atoms with Crippen molar-refractivity contribution in [1.29, 1.82) is 0 Å². The molecule has 1 aliphatic heterocycles. The summed E-state index contributed by atoms with van der Waals surface area (Å²) in [7, 11) is 0. The summed E-state index contributed by atoms with van der Waals surface area (Å²) in [6, 6.07) is 48.4. The zero-order valence-electron chi connectivity index (χ0n) is 88.9. The van der Waals surface area contributed by atoms with Crippen molar-refractivity contribution in [2.24, 2.45) is 10.2 Å². The zero-order valence-corrected chi connectivity index (χ0v) is 90.5. The van der Waals surface area contributed by atoms with Crippen LogP contribution in [0.5, 0.6) is 0 Å². The number of azo groups is 1. The molecule has 16 rings (SSSR count). The first-order valence-electron chi connectivity index (χ1n) is 48.7. The van der Waals surface area contributed by atoms with Crippen LogP contribution in [0.2, 0.25) is 0 Å². The van der Waals surface area contributed by atoms with Gasteiger partial charge < -0.3 is 0 Å². The van der Waals surface area contributed by atoms with Crippen molar-refractivity contribution in [3.05, 3.63) is 365 Å². The third kappa shape index (κ3) is 49.3. The van der Waals surface area contributed by atoms with Gasteiger partial charge in [-0.25, -0.2) is 24.9 Å². The second-order valence-corrected chi connectivity index (χ2v) is 37.4. The average molecular weight is 1850 g/mol. The van der Waals surface area contributed by atoms with Crippen molar-refractivity contribution in [2.45, 2.75) is 346 Å². The Labute approximate surface area is 821 Å². The fraction of sp³-hybridized carbons (Fsp3) is 0.444. The highest BCUT2D eigenvalue weighted by atomic mass is 32.1. The summed E-state index contributed by atoms with van der Waals surface area (Å²) in [5.74, 6) is 7.57. The highest BCUT2D eigenvalue weighted by molar-refractivity contribution is 7.09. The highest BCUT2D eigenvalue weighted by Crippen LogP contribution is 2.32. The van der Waals surface area contributed by atoms with E-state index in [1.54, 1.807) is 66.3 Å². The third-order valence-corrected chi connectivity index (χ3v) is 22.7. The van der Waals surface area contributed by atoms with E-state index in [0.717, 1.165) is 42.2 Å². The maximum Gasteiger partial charge on any atom is 0.115 e. The van der Waals surface area contributed by atoms with E-state index in [2.05, 4.69) is 398 Å². The van der Waals surface area contributed by atoms with Crippen LogP contribution in [0, 0.1) is 27.7 Å². The maximum absolute atomic E-state index is 4.52. The normalized spacial score (nSPS) is 10.9. The van der Waals surface area contributed by atoms with E-state index >= 15 is 0 Å². The molecule has 2 aliphatic carbocycles. The molecule has 0 amide bonds. The number of fused-ring (bicyclic) bond motifs is 3. The molecule has 0 fully saturated rings. The topological polar surface area (TPSA) is 192 Å². The molecule has 10 heterocycles. The minimum absolute atomic E-state index is 0.485. The molecular weight excluding hydrogens is 1680 g/mol. The average Bonchev–Trinajstić information content (AvgIpc) is 1.28. The van der Waals surface area contributed by atoms with Crippen molar-refractivity contribution in [2.75, 3.05) is 0 Å². The summed E-state index contributed by atoms with van der Waals surface area (Å²) >= 11 is 3.38. The van der Waals surface area contributed by atoms with Gasteiger partial charge in [-0.2, -0.15) is 30.6 Å². The van der Waals surface area contributed by atoms with Gasteiger partial charge in [-0.05, 0) is 244 Å². The molecule has 17 heteroatoms. The molecule has 724 valence electrons. The van der Waals surface area contributed by atoms with Crippen LogP contribution in [0.3, 0.4) is 0 Å². The Morgan fingerprint density at radius 3 is 1.13 bits per heavy atom. The van der Waals surface area contributed by atoms with Crippen molar-refractivity contribution in [3.8, 4) is 0 Å². The number of aryl methyl sites for hydroxylation is 2. The molecule has 15 nitrogen and oxygen atoms in total. The first kappa shape index (κ1) is 121. The minimum atomic E-state index is 0.485. The van der Waals surface area contributed by atoms with Gasteiger partial charge in [0.1, 0.15) is 12.7 Å². The number of rotatable bonds is 13. The van der Waals surface area contributed by atoms with Gasteiger partial charge in [-0.1, -0.05) is 337 Å². The van der Waals surface area contributed by atoms with Crippen LogP contribution < -0.4 is 0 Å². The summed E-state index contributed by atoms with van der Waals surface area (Å²) in [6.45, 7) is 77.7. The third-order valence-electron chi connectivity index (χ3n) is 21.0. The summed E-state index contributed by atoms with van der Waals surface area (Å²) < 4.78 is 0. The van der Waals surface area contributed by atoms with E-state index in [9.17, 15) is 0 Å². The van der Waals surface area contributed by atoms with Gasteiger partial charge in [0.05, 0.1) is 40.8 Å². The maximum atomic E-state index is 4.52. The molecule has 0 N–H and O–H groups in total. The molecule has 3 aliphatic rings. The Hall–Kier alpha value is -11.0. The minimum Gasteiger partial charge on any atom is -0.264 e. The molecule has 0 saturated carbocycles. The molecule has 0 unspecified atom stereocenters. The van der Waals surface area contributed by atoms with E-state index < -0.39 is 0 Å². The number of hydrogen-bond acceptors (Lipinski definition) is 17. The molecule has 0 saturated heterocycles. The lowest BCUT2D eigenvalue weighted by molar-refractivity contribution is 0.785. The van der Waals surface area contributed by atoms with Crippen LogP contribution >= 0.6 is 22.7 Å². The van der Waals surface area contributed by atoms with Crippen molar-refractivity contribution >= 4 is 40.5 Å². The predicted molar refractivity (Wildman–Crippen MR) is 581 cm³/mol. The van der Waals surface area contributed by atoms with Gasteiger partial charge in [-0.3, -0.25) is 19.9 Å². The fourth-order valence-electron chi connectivity index (χ4n) is 12.4. The van der Waals surface area contributed by atoms with E-state index in [1.807, 2.05) is 138 Å². The summed E-state index contributed by atoms with van der Waals surface area (Å²) in [4.78, 5) is 37.8. The van der Waals surface area contributed by atoms with Crippen LogP contribution in [0.1, 0.15) is 421 Å². The van der Waals surface area contributed by atoms with Crippen LogP contribution in [0.25, 0.3) is 12.2 Å². The standard InChI is InChI=1S/C12H19N.2C12H14.C10H12N2.C9H12.2C8H11N.4C7H10N2.2C6H9NS.3C2H6/c1-7(2)12-8(3)10(5)13-11(6)9(12)4;2*1-9(2)11-7-6-10-4-3-5-12(10)8-11;1-7(2)8-3-4-9-6-11-12-10(9)5-8;1-8(2)9-6-4-3-5-7-9;1-7(2)8-4-3-5-9-6-8;1-7(2)8-5-3-4-6-9-8;1-6(2)7-3-8-5-9-4-7;1-6(2)7-3-4-8-5-9-7;1-6(2)7-3-4-8-9-5-7;1-6(2)7-4-3-5-8-9-7;1-5(2)6-3-8-4-7-6;1-5(2)6-3-7-4-8-6;3*1-2/h7H,1-6H3;2*3,5-9H,4H2,1-2H3;3-5,7H,6H2,1-2H3;3-8H,1-2H3;2*3-7H,1-2H3;4*3-6H,1-2H3;2*3-5H,1-2H3;3*1-2H3. The molecule has 0 bridgehead atoms. The van der Waals surface area contributed by atoms with Crippen LogP contribution in [-0.4, -0.2) is 65.3 Å². The van der Waals surface area contributed by atoms with Gasteiger partial charge in [0.15, 0.2) is 0 Å². The Bertz CT molecular complexity index is 4500. The van der Waals surface area contributed by atoms with E-state index in [1.165, 1.54) is 105 Å². The smallest absolute Gasteiger partial charge is 0.115 e. The van der Waals surface area contributed by atoms with Gasteiger partial charge in [0.2, 0.25) is 0 Å². The first-order chi connectivity index (χ1) is 64.0. The Morgan fingerprint density at radius 1 is 0.306 bits per heavy atom. The lowest BCUT2D eigenvalue weighted by Gasteiger charge is -2.16. The van der Waals surface area contributed by atoms with Crippen molar-refractivity contribution in [3.63, 3.8) is 0 Å². The Balaban J connectivity index is 0.000000724. The van der Waals surface area contributed by atoms with Gasteiger partial charge in [-0.15, -0.1) is 22.7 Å². The lowest BCUT2D eigenvalue weighted by atomic mass is 9.92. The largest absolute Gasteiger partial charge is 0.264 e. The van der Waals surface area contributed by atoms with E-state index in [-0.39, 0.29) is 0 Å². The number of benzene rings is 4. The number of thiazole rings is 2. The molecule has 4 aromatic carbocycles. The Kier molecular flexibility index (Phi) is 63.8. The van der Waals surface area contributed by atoms with Crippen LogP contribution in [-0.2, 0) is 19.4 Å². The SMILES string of the molecule is CC.CC.CC.CC(C)c1ccc2c(c1)C=CC2.CC(C)c1ccc2c(c1)C=CC2.CC(C)c1ccc2c(c1)N=NC2.CC(C)c1ccccc1.CC(C)c1ccccn1.CC(C)c1cccnc1.CC(C)c1cccnn1.CC(C)c1ccncn1.CC(C)c1ccnnc1.CC(C)c1cncnc1.CC(C)c1cncs1.CC(C)c1cscn1.Cc1nc(C)c(C)c(C(C)C)c1C. The lowest BCUT2D eigenvalue weighted by Crippen LogP contribution is -2.03. The number of hydrogen-bond donors (Lipinski definition) is 0. The van der Waals surface area contributed by atoms with Gasteiger partial charge in [0, 0.05) is 94.4 Å². The molecule has 0 radical (unpaired) electrons.